The number of aryl methyl sites for hydroxylation is 1. The number of nitrogens with zero attached hydrogens (tertiary/aromatic N) is 3. The molecule has 2 aromatic rings. The number of aromatic nitrogens is 1. The van der Waals surface area contributed by atoms with Crippen molar-refractivity contribution in [2.75, 3.05) is 24.8 Å². The molecule has 1 aliphatic heterocycles. The second-order valence-corrected chi connectivity index (χ2v) is 6.99. The van der Waals surface area contributed by atoms with Gasteiger partial charge in [0.2, 0.25) is 0 Å². The van der Waals surface area contributed by atoms with Gasteiger partial charge in [0.1, 0.15) is 5.82 Å². The highest BCUT2D eigenvalue weighted by Crippen LogP contribution is 2.46. The van der Waals surface area contributed by atoms with Crippen LogP contribution in [0.5, 0.6) is 0 Å². The SMILES string of the molecule is Cc1cc(N)nc(-c2cc3c(cc2SC(F)(F)F)CN3N(C)C)c1. The first-order valence-electron chi connectivity index (χ1n) is 7.26. The molecule has 1 aromatic carbocycles. The summed E-state index contributed by atoms with van der Waals surface area (Å²) in [6.45, 7) is 2.43. The first-order valence-corrected chi connectivity index (χ1v) is 8.07. The molecule has 1 aromatic heterocycles. The molecule has 8 heteroatoms. The van der Waals surface area contributed by atoms with Gasteiger partial charge in [-0.1, -0.05) is 0 Å². The third-order valence-electron chi connectivity index (χ3n) is 3.75. The standard InChI is InChI=1S/C16H17F3N4S/c1-9-4-12(21-15(20)5-9)11-7-13-10(8-23(13)22(2)3)6-14(11)24-16(17,18)19/h4-7H,8H2,1-3H3,(H2,20,21). The molecule has 0 aliphatic carbocycles. The maximum atomic E-state index is 13.0. The number of nitrogen functional groups attached to an aromatic ring is 1. The molecule has 2 heterocycles. The average Bonchev–Trinajstić information content (AvgIpc) is 2.38. The van der Waals surface area contributed by atoms with Gasteiger partial charge in [-0.25, -0.2) is 9.99 Å². The van der Waals surface area contributed by atoms with Crippen molar-refractivity contribution in [3.8, 4) is 11.3 Å². The van der Waals surface area contributed by atoms with Crippen molar-refractivity contribution in [2.45, 2.75) is 23.9 Å². The normalized spacial score (nSPS) is 13.9. The second kappa shape index (κ2) is 5.86. The van der Waals surface area contributed by atoms with Gasteiger partial charge >= 0.3 is 5.51 Å². The van der Waals surface area contributed by atoms with Crippen LogP contribution in [0.1, 0.15) is 11.1 Å². The lowest BCUT2D eigenvalue weighted by Gasteiger charge is -2.41. The zero-order chi connectivity index (χ0) is 17.6. The van der Waals surface area contributed by atoms with Gasteiger partial charge < -0.3 is 10.7 Å². The van der Waals surface area contributed by atoms with E-state index in [2.05, 4.69) is 4.98 Å². The van der Waals surface area contributed by atoms with Crippen molar-refractivity contribution in [3.05, 3.63) is 35.4 Å². The highest BCUT2D eigenvalue weighted by Gasteiger charge is 2.34. The molecule has 0 radical (unpaired) electrons. The molecule has 0 fully saturated rings. The molecule has 0 saturated carbocycles. The summed E-state index contributed by atoms with van der Waals surface area (Å²) in [5, 5.41) is 3.89. The van der Waals surface area contributed by atoms with Crippen LogP contribution in [0, 0.1) is 6.92 Å². The van der Waals surface area contributed by atoms with E-state index in [1.807, 2.05) is 31.0 Å². The summed E-state index contributed by atoms with van der Waals surface area (Å²) in [6.07, 6.45) is 0. The predicted octanol–water partition coefficient (Wildman–Crippen LogP) is 4.05. The average molecular weight is 354 g/mol. The minimum atomic E-state index is -4.36. The number of hydrazine groups is 1. The number of halogens is 3. The minimum absolute atomic E-state index is 0.113. The molecule has 0 saturated heterocycles. The Morgan fingerprint density at radius 3 is 2.50 bits per heavy atom. The quantitative estimate of drug-likeness (QED) is 0.843. The number of hydrogen-bond acceptors (Lipinski definition) is 5. The Hall–Kier alpha value is -1.93. The molecule has 0 unspecified atom stereocenters. The number of rotatable bonds is 3. The molecule has 3 rings (SSSR count). The summed E-state index contributed by atoms with van der Waals surface area (Å²) >= 11 is -0.113. The van der Waals surface area contributed by atoms with E-state index in [-0.39, 0.29) is 16.7 Å². The van der Waals surface area contributed by atoms with Crippen molar-refractivity contribution >= 4 is 23.3 Å². The van der Waals surface area contributed by atoms with E-state index in [9.17, 15) is 13.2 Å². The molecule has 0 amide bonds. The summed E-state index contributed by atoms with van der Waals surface area (Å²) in [7, 11) is 3.79. The number of pyridine rings is 1. The highest BCUT2D eigenvalue weighted by molar-refractivity contribution is 8.00. The van der Waals surface area contributed by atoms with Crippen LogP contribution < -0.4 is 10.7 Å². The lowest BCUT2D eigenvalue weighted by atomic mass is 10.00. The van der Waals surface area contributed by atoms with E-state index in [4.69, 9.17) is 5.73 Å². The van der Waals surface area contributed by atoms with Crippen molar-refractivity contribution < 1.29 is 13.2 Å². The number of hydrogen-bond donors (Lipinski definition) is 1. The largest absolute Gasteiger partial charge is 0.446 e. The van der Waals surface area contributed by atoms with Crippen LogP contribution in [0.25, 0.3) is 11.3 Å². The summed E-state index contributed by atoms with van der Waals surface area (Å²) in [5.41, 5.74) is 4.94. The maximum absolute atomic E-state index is 13.0. The fourth-order valence-electron chi connectivity index (χ4n) is 2.73. The van der Waals surface area contributed by atoms with Crippen molar-refractivity contribution in [2.24, 2.45) is 0 Å². The highest BCUT2D eigenvalue weighted by atomic mass is 32.2. The smallest absolute Gasteiger partial charge is 0.384 e. The van der Waals surface area contributed by atoms with Crippen molar-refractivity contribution in [1.82, 2.24) is 9.99 Å². The number of nitrogens with two attached hydrogens (primary N) is 1. The number of benzene rings is 1. The van der Waals surface area contributed by atoms with Gasteiger partial charge in [-0.2, -0.15) is 13.2 Å². The minimum Gasteiger partial charge on any atom is -0.384 e. The monoisotopic (exact) mass is 354 g/mol. The zero-order valence-electron chi connectivity index (χ0n) is 13.5. The maximum Gasteiger partial charge on any atom is 0.446 e. The van der Waals surface area contributed by atoms with Crippen molar-refractivity contribution in [3.63, 3.8) is 0 Å². The summed E-state index contributed by atoms with van der Waals surface area (Å²) in [4.78, 5) is 4.37. The molecule has 2 N–H and O–H groups in total. The van der Waals surface area contributed by atoms with Crippen LogP contribution in [-0.4, -0.2) is 29.6 Å². The topological polar surface area (TPSA) is 45.4 Å². The van der Waals surface area contributed by atoms with Crippen LogP contribution in [-0.2, 0) is 6.54 Å². The molecule has 4 nitrogen and oxygen atoms in total. The molecule has 0 bridgehead atoms. The molecule has 0 atom stereocenters. The molecular formula is C16H17F3N4S. The number of anilines is 2. The Morgan fingerprint density at radius 2 is 1.92 bits per heavy atom. The van der Waals surface area contributed by atoms with Crippen LogP contribution in [0.3, 0.4) is 0 Å². The molecule has 0 spiro atoms. The summed E-state index contributed by atoms with van der Waals surface area (Å²) in [5.74, 6) is 0.292. The van der Waals surface area contributed by atoms with Gasteiger partial charge in [-0.05, 0) is 54.1 Å². The molecule has 128 valence electrons. The van der Waals surface area contributed by atoms with E-state index < -0.39 is 5.51 Å². The predicted molar refractivity (Wildman–Crippen MR) is 90.6 cm³/mol. The third kappa shape index (κ3) is 3.29. The zero-order valence-corrected chi connectivity index (χ0v) is 14.3. The Bertz CT molecular complexity index is 769. The second-order valence-electron chi connectivity index (χ2n) is 5.88. The Balaban J connectivity index is 2.14. The van der Waals surface area contributed by atoms with E-state index >= 15 is 0 Å². The van der Waals surface area contributed by atoms with Gasteiger partial charge in [0.25, 0.3) is 0 Å². The van der Waals surface area contributed by atoms with E-state index in [0.717, 1.165) is 16.8 Å². The first kappa shape index (κ1) is 16.9. The van der Waals surface area contributed by atoms with Crippen LogP contribution in [0.15, 0.2) is 29.2 Å². The fraction of sp³-hybridized carbons (Fsp3) is 0.312. The molecule has 24 heavy (non-hydrogen) atoms. The van der Waals surface area contributed by atoms with Gasteiger partial charge in [-0.3, -0.25) is 0 Å². The number of thioether (sulfide) groups is 1. The van der Waals surface area contributed by atoms with Gasteiger partial charge in [0, 0.05) is 24.6 Å². The first-order chi connectivity index (χ1) is 11.1. The number of alkyl halides is 3. The summed E-state index contributed by atoms with van der Waals surface area (Å²) < 4.78 is 38.9. The third-order valence-corrected chi connectivity index (χ3v) is 4.54. The van der Waals surface area contributed by atoms with E-state index in [0.29, 0.717) is 23.6 Å². The Morgan fingerprint density at radius 1 is 1.21 bits per heavy atom. The summed E-state index contributed by atoms with van der Waals surface area (Å²) in [6, 6.07) is 6.79. The Kier molecular flexibility index (Phi) is 4.13. The fourth-order valence-corrected chi connectivity index (χ4v) is 3.46. The van der Waals surface area contributed by atoms with E-state index in [1.54, 1.807) is 24.3 Å². The van der Waals surface area contributed by atoms with Crippen LogP contribution in [0.4, 0.5) is 24.7 Å². The van der Waals surface area contributed by atoms with Crippen LogP contribution in [0.2, 0.25) is 0 Å². The lowest BCUT2D eigenvalue weighted by molar-refractivity contribution is -0.0328. The number of fused-ring (bicyclic) bond motifs is 1. The lowest BCUT2D eigenvalue weighted by Crippen LogP contribution is -2.43. The molecule has 1 aliphatic rings. The van der Waals surface area contributed by atoms with Gasteiger partial charge in [0.15, 0.2) is 0 Å². The van der Waals surface area contributed by atoms with Crippen molar-refractivity contribution in [1.29, 1.82) is 0 Å². The van der Waals surface area contributed by atoms with E-state index in [1.165, 1.54) is 0 Å². The molecular weight excluding hydrogens is 337 g/mol. The van der Waals surface area contributed by atoms with Gasteiger partial charge in [-0.15, -0.1) is 0 Å². The van der Waals surface area contributed by atoms with Crippen LogP contribution >= 0.6 is 11.8 Å². The Labute approximate surface area is 142 Å². The van der Waals surface area contributed by atoms with Gasteiger partial charge in [0.05, 0.1) is 17.9 Å².